The van der Waals surface area contributed by atoms with Crippen LogP contribution in [0.1, 0.15) is 32.1 Å². The lowest BCUT2D eigenvalue weighted by Gasteiger charge is -2.22. The average Bonchev–Trinajstić information content (AvgIpc) is 2.95. The summed E-state index contributed by atoms with van der Waals surface area (Å²) >= 11 is 6.32. The fourth-order valence-corrected chi connectivity index (χ4v) is 3.58. The predicted molar refractivity (Wildman–Crippen MR) is 111 cm³/mol. The van der Waals surface area contributed by atoms with Crippen molar-refractivity contribution in [2.24, 2.45) is 13.0 Å². The number of hydrogen-bond donors (Lipinski definition) is 3. The molecular weight excluding hydrogens is 378 g/mol. The largest absolute Gasteiger partial charge is 0.366 e. The van der Waals surface area contributed by atoms with Gasteiger partial charge < -0.3 is 16.0 Å². The summed E-state index contributed by atoms with van der Waals surface area (Å²) in [5, 5.41) is 14.1. The molecule has 0 radical (unpaired) electrons. The lowest BCUT2D eigenvalue weighted by molar-refractivity contribution is -0.116. The number of carbonyl (C=O) groups excluding carboxylic acids is 1. The maximum Gasteiger partial charge on any atom is 0.243 e. The van der Waals surface area contributed by atoms with E-state index in [-0.39, 0.29) is 11.9 Å². The minimum Gasteiger partial charge on any atom is -0.366 e. The Labute approximate surface area is 169 Å². The first-order valence-electron chi connectivity index (χ1n) is 9.48. The number of nitrogens with one attached hydrogen (secondary N) is 3. The zero-order valence-electron chi connectivity index (χ0n) is 16.0. The van der Waals surface area contributed by atoms with Gasteiger partial charge in [0.15, 0.2) is 5.82 Å². The first-order chi connectivity index (χ1) is 13.5. The molecule has 0 spiro atoms. The van der Waals surface area contributed by atoms with Gasteiger partial charge >= 0.3 is 0 Å². The second-order valence-electron chi connectivity index (χ2n) is 7.09. The zero-order valence-corrected chi connectivity index (χ0v) is 16.7. The van der Waals surface area contributed by atoms with E-state index in [2.05, 4.69) is 37.6 Å². The Morgan fingerprint density at radius 3 is 2.96 bits per heavy atom. The van der Waals surface area contributed by atoms with Gasteiger partial charge in [-0.15, -0.1) is 0 Å². The molecule has 2 atom stereocenters. The molecule has 0 aliphatic heterocycles. The van der Waals surface area contributed by atoms with Crippen LogP contribution in [0.3, 0.4) is 0 Å². The Morgan fingerprint density at radius 1 is 1.39 bits per heavy atom. The number of nitrogens with zero attached hydrogens (tertiary/aromatic N) is 4. The third kappa shape index (κ3) is 5.69. The molecule has 1 aliphatic carbocycles. The molecule has 2 unspecified atom stereocenters. The van der Waals surface area contributed by atoms with Crippen molar-refractivity contribution < 1.29 is 4.79 Å². The molecule has 1 amide bonds. The van der Waals surface area contributed by atoms with E-state index in [0.717, 1.165) is 37.8 Å². The summed E-state index contributed by atoms with van der Waals surface area (Å²) in [6.07, 6.45) is 11.8. The third-order valence-electron chi connectivity index (χ3n) is 4.83. The van der Waals surface area contributed by atoms with Gasteiger partial charge in [-0.1, -0.05) is 31.0 Å². The van der Waals surface area contributed by atoms with Crippen molar-refractivity contribution in [1.82, 2.24) is 25.1 Å². The van der Waals surface area contributed by atoms with Crippen molar-refractivity contribution in [2.75, 3.05) is 17.2 Å². The van der Waals surface area contributed by atoms with Gasteiger partial charge in [0.2, 0.25) is 11.9 Å². The van der Waals surface area contributed by atoms with Crippen molar-refractivity contribution in [2.45, 2.75) is 38.1 Å². The minimum atomic E-state index is -0.126. The Hall–Kier alpha value is -2.61. The van der Waals surface area contributed by atoms with Crippen LogP contribution in [0.5, 0.6) is 0 Å². The highest BCUT2D eigenvalue weighted by Crippen LogP contribution is 2.28. The molecule has 2 aromatic rings. The van der Waals surface area contributed by atoms with E-state index >= 15 is 0 Å². The minimum absolute atomic E-state index is 0.126. The van der Waals surface area contributed by atoms with Gasteiger partial charge in [-0.3, -0.25) is 9.48 Å². The van der Waals surface area contributed by atoms with Crippen LogP contribution in [0.15, 0.2) is 31.2 Å². The molecule has 1 fully saturated rings. The van der Waals surface area contributed by atoms with Crippen molar-refractivity contribution in [3.05, 3.63) is 36.3 Å². The van der Waals surface area contributed by atoms with Gasteiger partial charge in [0.25, 0.3) is 0 Å². The topological polar surface area (TPSA) is 96.8 Å². The van der Waals surface area contributed by atoms with Crippen molar-refractivity contribution >= 4 is 35.0 Å². The fraction of sp³-hybridized carbons (Fsp3) is 0.474. The van der Waals surface area contributed by atoms with Gasteiger partial charge in [0, 0.05) is 25.8 Å². The Balaban J connectivity index is 1.64. The molecule has 3 rings (SSSR count). The summed E-state index contributed by atoms with van der Waals surface area (Å²) in [5.74, 6) is 1.36. The normalized spacial score (nSPS) is 19.5. The summed E-state index contributed by atoms with van der Waals surface area (Å²) in [5.41, 5.74) is 0.809. The van der Waals surface area contributed by atoms with Gasteiger partial charge in [0.05, 0.1) is 18.1 Å². The smallest absolute Gasteiger partial charge is 0.243 e. The highest BCUT2D eigenvalue weighted by Gasteiger charge is 2.22. The predicted octanol–water partition coefficient (Wildman–Crippen LogP) is 3.27. The van der Waals surface area contributed by atoms with E-state index < -0.39 is 0 Å². The molecule has 2 heterocycles. The van der Waals surface area contributed by atoms with E-state index in [1.54, 1.807) is 17.1 Å². The summed E-state index contributed by atoms with van der Waals surface area (Å²) in [7, 11) is 1.85. The average molecular weight is 404 g/mol. The summed E-state index contributed by atoms with van der Waals surface area (Å²) < 4.78 is 1.70. The summed E-state index contributed by atoms with van der Waals surface area (Å²) in [6.45, 7) is 4.16. The van der Waals surface area contributed by atoms with Crippen molar-refractivity contribution in [3.8, 4) is 0 Å². The number of aromatic nitrogens is 4. The lowest BCUT2D eigenvalue weighted by atomic mass is 9.98. The van der Waals surface area contributed by atoms with Crippen LogP contribution in [-0.2, 0) is 11.8 Å². The number of anilines is 3. The van der Waals surface area contributed by atoms with Crippen LogP contribution in [-0.4, -0.2) is 38.2 Å². The van der Waals surface area contributed by atoms with E-state index in [4.69, 9.17) is 11.6 Å². The first kappa shape index (κ1) is 20.1. The molecule has 0 aromatic carbocycles. The Morgan fingerprint density at radius 2 is 2.21 bits per heavy atom. The molecule has 0 saturated heterocycles. The molecule has 3 N–H and O–H groups in total. The molecular formula is C19H26ClN7O. The summed E-state index contributed by atoms with van der Waals surface area (Å²) in [6, 6.07) is 0.242. The molecule has 0 bridgehead atoms. The Bertz CT molecular complexity index is 822. The number of halogens is 1. The van der Waals surface area contributed by atoms with E-state index in [1.807, 2.05) is 13.2 Å². The number of amides is 1. The fourth-order valence-electron chi connectivity index (χ4n) is 3.43. The van der Waals surface area contributed by atoms with Gasteiger partial charge in [-0.25, -0.2) is 4.98 Å². The molecule has 2 aromatic heterocycles. The maximum absolute atomic E-state index is 11.5. The SMILES string of the molecule is C=CC(=O)NCC1CCCCC(Nc2nc(Nc3cnn(C)c3)ncc2Cl)C1. The second kappa shape index (κ2) is 9.54. The van der Waals surface area contributed by atoms with E-state index in [9.17, 15) is 4.79 Å². The van der Waals surface area contributed by atoms with Crippen LogP contribution >= 0.6 is 11.6 Å². The van der Waals surface area contributed by atoms with Crippen molar-refractivity contribution in [3.63, 3.8) is 0 Å². The number of aryl methyl sites for hydroxylation is 1. The monoisotopic (exact) mass is 403 g/mol. The lowest BCUT2D eigenvalue weighted by Crippen LogP contribution is -2.31. The summed E-state index contributed by atoms with van der Waals surface area (Å²) in [4.78, 5) is 20.2. The standard InChI is InChI=1S/C19H26ClN7O/c1-3-17(28)21-9-13-6-4-5-7-14(8-13)24-18-16(20)11-22-19(26-18)25-15-10-23-27(2)12-15/h3,10-14H,1,4-9H2,2H3,(H,21,28)(H2,22,24,25,26). The number of hydrogen-bond acceptors (Lipinski definition) is 6. The van der Waals surface area contributed by atoms with Crippen LogP contribution < -0.4 is 16.0 Å². The van der Waals surface area contributed by atoms with Crippen LogP contribution in [0.25, 0.3) is 0 Å². The molecule has 28 heavy (non-hydrogen) atoms. The highest BCUT2D eigenvalue weighted by molar-refractivity contribution is 6.32. The number of carbonyl (C=O) groups is 1. The molecule has 1 aliphatic rings. The first-order valence-corrected chi connectivity index (χ1v) is 9.86. The quantitative estimate of drug-likeness (QED) is 0.485. The third-order valence-corrected chi connectivity index (χ3v) is 5.11. The van der Waals surface area contributed by atoms with Crippen LogP contribution in [0, 0.1) is 5.92 Å². The van der Waals surface area contributed by atoms with Gasteiger partial charge in [-0.05, 0) is 31.3 Å². The second-order valence-corrected chi connectivity index (χ2v) is 7.50. The van der Waals surface area contributed by atoms with Gasteiger partial charge in [-0.2, -0.15) is 10.1 Å². The number of rotatable bonds is 7. The molecule has 8 nitrogen and oxygen atoms in total. The van der Waals surface area contributed by atoms with E-state index in [1.165, 1.54) is 6.08 Å². The molecule has 9 heteroatoms. The van der Waals surface area contributed by atoms with Crippen molar-refractivity contribution in [1.29, 1.82) is 0 Å². The molecule has 150 valence electrons. The maximum atomic E-state index is 11.5. The van der Waals surface area contributed by atoms with Crippen LogP contribution in [0.4, 0.5) is 17.5 Å². The molecule has 1 saturated carbocycles. The van der Waals surface area contributed by atoms with Crippen LogP contribution in [0.2, 0.25) is 5.02 Å². The van der Waals surface area contributed by atoms with E-state index in [0.29, 0.717) is 29.3 Å². The Kier molecular flexibility index (Phi) is 6.86. The zero-order chi connectivity index (χ0) is 19.9. The highest BCUT2D eigenvalue weighted by atomic mass is 35.5. The van der Waals surface area contributed by atoms with Gasteiger partial charge in [0.1, 0.15) is 5.02 Å².